The first-order valence-corrected chi connectivity index (χ1v) is 13.8. The largest absolute Gasteiger partial charge is 0.480 e. The van der Waals surface area contributed by atoms with Gasteiger partial charge in [0.05, 0.1) is 15.6 Å². The number of thiophene rings is 1. The third-order valence-electron chi connectivity index (χ3n) is 5.10. The van der Waals surface area contributed by atoms with Crippen molar-refractivity contribution >= 4 is 62.3 Å². The highest BCUT2D eigenvalue weighted by molar-refractivity contribution is 7.87. The Bertz CT molecular complexity index is 1300. The van der Waals surface area contributed by atoms with Crippen LogP contribution in [0.5, 0.6) is 0 Å². The van der Waals surface area contributed by atoms with Gasteiger partial charge in [-0.25, -0.2) is 0 Å². The van der Waals surface area contributed by atoms with Crippen molar-refractivity contribution in [3.8, 4) is 0 Å². The van der Waals surface area contributed by atoms with Gasteiger partial charge in [0, 0.05) is 35.5 Å². The van der Waals surface area contributed by atoms with Gasteiger partial charge in [-0.05, 0) is 49.4 Å². The van der Waals surface area contributed by atoms with Crippen LogP contribution < -0.4 is 10.0 Å². The number of benzene rings is 1. The second kappa shape index (κ2) is 12.1. The lowest BCUT2D eigenvalue weighted by Crippen LogP contribution is -2.50. The Morgan fingerprint density at radius 3 is 2.28 bits per heavy atom. The molecule has 0 saturated carbocycles. The first-order chi connectivity index (χ1) is 17.0. The number of hydrogen-bond donors (Lipinski definition) is 3. The zero-order valence-corrected chi connectivity index (χ0v) is 22.5. The van der Waals surface area contributed by atoms with E-state index in [1.165, 1.54) is 28.0 Å². The lowest BCUT2D eigenvalue weighted by atomic mass is 10.1. The second-order valence-electron chi connectivity index (χ2n) is 8.07. The summed E-state index contributed by atoms with van der Waals surface area (Å²) in [5.74, 6) is -1.84. The van der Waals surface area contributed by atoms with Crippen molar-refractivity contribution in [2.24, 2.45) is 0 Å². The molecule has 0 spiro atoms. The van der Waals surface area contributed by atoms with Crippen LogP contribution >= 0.6 is 34.5 Å². The number of rotatable bonds is 11. The molecule has 0 unspecified atom stereocenters. The molecule has 0 saturated heterocycles. The number of amides is 1. The Morgan fingerprint density at radius 1 is 1.11 bits per heavy atom. The fourth-order valence-electron chi connectivity index (χ4n) is 3.31. The van der Waals surface area contributed by atoms with Crippen molar-refractivity contribution in [3.05, 3.63) is 80.2 Å². The maximum atomic E-state index is 13.1. The van der Waals surface area contributed by atoms with Crippen LogP contribution in [0, 0.1) is 0 Å². The first-order valence-electron chi connectivity index (χ1n) is 10.7. The summed E-state index contributed by atoms with van der Waals surface area (Å²) in [6.07, 6.45) is 2.51. The summed E-state index contributed by atoms with van der Waals surface area (Å²) < 4.78 is 29.6. The van der Waals surface area contributed by atoms with Crippen molar-refractivity contribution in [2.45, 2.75) is 38.9 Å². The quantitative estimate of drug-likeness (QED) is 0.312. The number of hydrogen-bond acceptors (Lipinski definition) is 6. The number of nitrogens with one attached hydrogen (secondary N) is 2. The minimum Gasteiger partial charge on any atom is -0.480 e. The number of halogens is 2. The van der Waals surface area contributed by atoms with Crippen LogP contribution in [0.1, 0.15) is 34.6 Å². The van der Waals surface area contributed by atoms with E-state index in [0.29, 0.717) is 11.3 Å². The van der Waals surface area contributed by atoms with E-state index in [1.807, 2.05) is 17.5 Å². The van der Waals surface area contributed by atoms with Crippen molar-refractivity contribution in [1.29, 1.82) is 0 Å². The SMILES string of the molecule is CC(C)N(Cc1cccs1)S(=O)(=O)N[C@@H](Cc1ccc(NC(=O)c2c(Cl)cncc2Cl)cc1)C(=O)O. The fraction of sp³-hybridized carbons (Fsp3) is 0.261. The monoisotopic (exact) mass is 570 g/mol. The molecule has 192 valence electrons. The summed E-state index contributed by atoms with van der Waals surface area (Å²) in [5, 5.41) is 14.4. The molecule has 3 rings (SSSR count). The molecule has 1 atom stereocenters. The van der Waals surface area contributed by atoms with E-state index in [9.17, 15) is 23.1 Å². The fourth-order valence-corrected chi connectivity index (χ4v) is 6.17. The molecule has 1 aromatic carbocycles. The number of carbonyl (C=O) groups is 2. The van der Waals surface area contributed by atoms with Gasteiger partial charge in [-0.2, -0.15) is 17.4 Å². The minimum absolute atomic E-state index is 0.0787. The lowest BCUT2D eigenvalue weighted by molar-refractivity contribution is -0.138. The van der Waals surface area contributed by atoms with Gasteiger partial charge < -0.3 is 10.4 Å². The second-order valence-corrected chi connectivity index (χ2v) is 11.6. The number of aliphatic carboxylic acids is 1. The maximum absolute atomic E-state index is 13.1. The normalized spacial score (nSPS) is 12.6. The third kappa shape index (κ3) is 7.25. The molecule has 3 aromatic rings. The maximum Gasteiger partial charge on any atom is 0.322 e. The summed E-state index contributed by atoms with van der Waals surface area (Å²) in [5.41, 5.74) is 1.05. The number of nitrogens with zero attached hydrogens (tertiary/aromatic N) is 2. The van der Waals surface area contributed by atoms with Crippen molar-refractivity contribution in [3.63, 3.8) is 0 Å². The molecule has 2 aromatic heterocycles. The molecular weight excluding hydrogens is 547 g/mol. The molecule has 13 heteroatoms. The lowest BCUT2D eigenvalue weighted by Gasteiger charge is -2.27. The predicted molar refractivity (Wildman–Crippen MR) is 141 cm³/mol. The average Bonchev–Trinajstić information content (AvgIpc) is 3.31. The zero-order valence-electron chi connectivity index (χ0n) is 19.3. The van der Waals surface area contributed by atoms with Crippen LogP contribution in [0.25, 0.3) is 0 Å². The summed E-state index contributed by atoms with van der Waals surface area (Å²) in [6.45, 7) is 3.58. The topological polar surface area (TPSA) is 129 Å². The standard InChI is InChI=1S/C23H24Cl2N4O5S2/c1-14(2)29(13-17-4-3-9-35-17)36(33,34)28-20(23(31)32)10-15-5-7-16(8-6-15)27-22(30)21-18(24)11-26-12-19(21)25/h3-9,11-12,14,20,28H,10,13H2,1-2H3,(H,27,30)(H,31,32)/t20-/m0/s1. The Balaban J connectivity index is 1.70. The van der Waals surface area contributed by atoms with Gasteiger partial charge in [-0.3, -0.25) is 14.6 Å². The van der Waals surface area contributed by atoms with E-state index in [1.54, 1.807) is 38.1 Å². The van der Waals surface area contributed by atoms with E-state index >= 15 is 0 Å². The molecule has 2 heterocycles. The van der Waals surface area contributed by atoms with Gasteiger partial charge in [0.2, 0.25) is 0 Å². The smallest absolute Gasteiger partial charge is 0.322 e. The molecule has 0 radical (unpaired) electrons. The van der Waals surface area contributed by atoms with Crippen molar-refractivity contribution in [2.75, 3.05) is 5.32 Å². The Labute approximate surface area is 223 Å². The van der Waals surface area contributed by atoms with E-state index in [-0.39, 0.29) is 34.6 Å². The predicted octanol–water partition coefficient (Wildman–Crippen LogP) is 4.44. The Kier molecular flexibility index (Phi) is 9.45. The van der Waals surface area contributed by atoms with Gasteiger partial charge in [0.1, 0.15) is 6.04 Å². The molecule has 0 aliphatic carbocycles. The molecule has 9 nitrogen and oxygen atoms in total. The molecule has 0 bridgehead atoms. The molecule has 0 aliphatic rings. The number of carboxylic acids is 1. The molecule has 36 heavy (non-hydrogen) atoms. The van der Waals surface area contributed by atoms with Crippen LogP contribution in [-0.4, -0.2) is 46.8 Å². The summed E-state index contributed by atoms with van der Waals surface area (Å²) in [7, 11) is -4.10. The number of anilines is 1. The number of carboxylic acid groups (broad SMARTS) is 1. The summed E-state index contributed by atoms with van der Waals surface area (Å²) in [6, 6.07) is 8.20. The summed E-state index contributed by atoms with van der Waals surface area (Å²) in [4.78, 5) is 29.1. The van der Waals surface area contributed by atoms with Crippen LogP contribution in [0.2, 0.25) is 10.0 Å². The van der Waals surface area contributed by atoms with Gasteiger partial charge >= 0.3 is 5.97 Å². The van der Waals surface area contributed by atoms with E-state index in [2.05, 4.69) is 15.0 Å². The highest BCUT2D eigenvalue weighted by atomic mass is 35.5. The highest BCUT2D eigenvalue weighted by Crippen LogP contribution is 2.24. The van der Waals surface area contributed by atoms with E-state index < -0.39 is 28.1 Å². The van der Waals surface area contributed by atoms with Gasteiger partial charge in [0.15, 0.2) is 0 Å². The Morgan fingerprint density at radius 2 is 1.75 bits per heavy atom. The van der Waals surface area contributed by atoms with Gasteiger partial charge in [-0.15, -0.1) is 11.3 Å². The van der Waals surface area contributed by atoms with Crippen LogP contribution in [0.4, 0.5) is 5.69 Å². The number of carbonyl (C=O) groups excluding carboxylic acids is 1. The number of aromatic nitrogens is 1. The molecule has 0 aliphatic heterocycles. The summed E-state index contributed by atoms with van der Waals surface area (Å²) >= 11 is 13.4. The zero-order chi connectivity index (χ0) is 26.5. The molecular formula is C23H24Cl2N4O5S2. The van der Waals surface area contributed by atoms with Crippen LogP contribution in [-0.2, 0) is 28.0 Å². The Hall–Kier alpha value is -2.54. The molecule has 0 fully saturated rings. The third-order valence-corrected chi connectivity index (χ3v) is 8.28. The van der Waals surface area contributed by atoms with Gasteiger partial charge in [0.25, 0.3) is 16.1 Å². The van der Waals surface area contributed by atoms with Crippen molar-refractivity contribution < 1.29 is 23.1 Å². The average molecular weight is 572 g/mol. The van der Waals surface area contributed by atoms with Crippen molar-refractivity contribution in [1.82, 2.24) is 14.0 Å². The minimum atomic E-state index is -4.10. The van der Waals surface area contributed by atoms with Crippen LogP contribution in [0.15, 0.2) is 54.2 Å². The molecule has 3 N–H and O–H groups in total. The van der Waals surface area contributed by atoms with E-state index in [4.69, 9.17) is 23.2 Å². The first kappa shape index (κ1) is 28.0. The van der Waals surface area contributed by atoms with E-state index in [0.717, 1.165) is 4.88 Å². The highest BCUT2D eigenvalue weighted by Gasteiger charge is 2.31. The van der Waals surface area contributed by atoms with Gasteiger partial charge in [-0.1, -0.05) is 41.4 Å². The number of pyridine rings is 1. The molecule has 1 amide bonds. The van der Waals surface area contributed by atoms with Crippen LogP contribution in [0.3, 0.4) is 0 Å².